The van der Waals surface area contributed by atoms with Crippen molar-refractivity contribution in [3.63, 3.8) is 0 Å². The van der Waals surface area contributed by atoms with Gasteiger partial charge in [-0.05, 0) is 43.0 Å². The summed E-state index contributed by atoms with van der Waals surface area (Å²) in [6.07, 6.45) is 1.69. The minimum Gasteiger partial charge on any atom is -0.337 e. The van der Waals surface area contributed by atoms with Crippen molar-refractivity contribution in [2.24, 2.45) is 0 Å². The number of amides is 1. The SMILES string of the molecule is CCCn1c(=O)c2ccccc2n2c(SC(C)C(=O)N3CCc4ccccc4C3)nnc12. The van der Waals surface area contributed by atoms with Gasteiger partial charge < -0.3 is 4.90 Å². The van der Waals surface area contributed by atoms with Crippen molar-refractivity contribution in [1.29, 1.82) is 0 Å². The highest BCUT2D eigenvalue weighted by atomic mass is 32.2. The van der Waals surface area contributed by atoms with Gasteiger partial charge >= 0.3 is 0 Å². The van der Waals surface area contributed by atoms with E-state index in [9.17, 15) is 9.59 Å². The van der Waals surface area contributed by atoms with Crippen LogP contribution >= 0.6 is 11.8 Å². The summed E-state index contributed by atoms with van der Waals surface area (Å²) >= 11 is 1.39. The minimum absolute atomic E-state index is 0.0602. The molecule has 4 aromatic rings. The summed E-state index contributed by atoms with van der Waals surface area (Å²) in [5.41, 5.74) is 3.24. The van der Waals surface area contributed by atoms with Gasteiger partial charge in [-0.3, -0.25) is 18.6 Å². The molecule has 1 amide bonds. The van der Waals surface area contributed by atoms with E-state index in [1.54, 1.807) is 4.57 Å². The van der Waals surface area contributed by atoms with Gasteiger partial charge in [-0.15, -0.1) is 10.2 Å². The topological polar surface area (TPSA) is 72.5 Å². The number of aromatic nitrogens is 4. The van der Waals surface area contributed by atoms with Crippen LogP contribution in [-0.4, -0.2) is 41.8 Å². The van der Waals surface area contributed by atoms with Crippen LogP contribution in [0.5, 0.6) is 0 Å². The van der Waals surface area contributed by atoms with E-state index in [0.717, 1.165) is 24.9 Å². The molecule has 0 saturated carbocycles. The van der Waals surface area contributed by atoms with E-state index in [1.807, 2.05) is 59.5 Å². The number of carbonyl (C=O) groups excluding carboxylic acids is 1. The third kappa shape index (κ3) is 3.48. The van der Waals surface area contributed by atoms with Crippen molar-refractivity contribution in [3.05, 3.63) is 70.0 Å². The maximum atomic E-state index is 13.2. The lowest BCUT2D eigenvalue weighted by molar-refractivity contribution is -0.131. The predicted octanol–water partition coefficient (Wildman–Crippen LogP) is 3.52. The van der Waals surface area contributed by atoms with Crippen molar-refractivity contribution in [1.82, 2.24) is 24.1 Å². The number of fused-ring (bicyclic) bond motifs is 4. The summed E-state index contributed by atoms with van der Waals surface area (Å²) in [7, 11) is 0. The van der Waals surface area contributed by atoms with Gasteiger partial charge in [0.2, 0.25) is 11.7 Å². The molecule has 32 heavy (non-hydrogen) atoms. The fourth-order valence-corrected chi connectivity index (χ4v) is 5.32. The Labute approximate surface area is 190 Å². The number of nitrogens with zero attached hydrogens (tertiary/aromatic N) is 5. The fraction of sp³-hybridized carbons (Fsp3) is 0.333. The molecular weight excluding hydrogens is 422 g/mol. The number of hydrogen-bond donors (Lipinski definition) is 0. The molecule has 0 spiro atoms. The average Bonchev–Trinajstić information content (AvgIpc) is 3.24. The number of benzene rings is 2. The molecule has 1 unspecified atom stereocenters. The van der Waals surface area contributed by atoms with Gasteiger partial charge in [-0.2, -0.15) is 0 Å². The van der Waals surface area contributed by atoms with E-state index >= 15 is 0 Å². The monoisotopic (exact) mass is 447 g/mol. The first-order valence-electron chi connectivity index (χ1n) is 11.0. The molecule has 3 heterocycles. The highest BCUT2D eigenvalue weighted by Gasteiger charge is 2.27. The number of thioether (sulfide) groups is 1. The van der Waals surface area contributed by atoms with E-state index < -0.39 is 0 Å². The third-order valence-electron chi connectivity index (χ3n) is 6.00. The Kier molecular flexibility index (Phi) is 5.46. The second kappa shape index (κ2) is 8.43. The van der Waals surface area contributed by atoms with Crippen LogP contribution in [0.3, 0.4) is 0 Å². The molecule has 0 bridgehead atoms. The normalized spacial score (nSPS) is 14.6. The van der Waals surface area contributed by atoms with Crippen LogP contribution in [0.2, 0.25) is 0 Å². The molecule has 5 rings (SSSR count). The first-order chi connectivity index (χ1) is 15.6. The second-order valence-electron chi connectivity index (χ2n) is 8.13. The second-order valence-corrected chi connectivity index (χ2v) is 9.44. The van der Waals surface area contributed by atoms with E-state index in [0.29, 0.717) is 29.4 Å². The van der Waals surface area contributed by atoms with Crippen molar-refractivity contribution >= 4 is 34.3 Å². The molecule has 1 atom stereocenters. The first-order valence-corrected chi connectivity index (χ1v) is 11.9. The largest absolute Gasteiger partial charge is 0.337 e. The average molecular weight is 448 g/mol. The molecule has 0 aliphatic carbocycles. The summed E-state index contributed by atoms with van der Waals surface area (Å²) in [5, 5.41) is 9.64. The number of para-hydroxylation sites is 1. The van der Waals surface area contributed by atoms with Crippen LogP contribution in [0.25, 0.3) is 16.7 Å². The lowest BCUT2D eigenvalue weighted by Crippen LogP contribution is -2.40. The number of hydrogen-bond acceptors (Lipinski definition) is 5. The van der Waals surface area contributed by atoms with E-state index in [1.165, 1.54) is 22.9 Å². The van der Waals surface area contributed by atoms with Crippen molar-refractivity contribution < 1.29 is 4.79 Å². The van der Waals surface area contributed by atoms with E-state index in [-0.39, 0.29) is 16.7 Å². The molecule has 8 heteroatoms. The summed E-state index contributed by atoms with van der Waals surface area (Å²) in [5.74, 6) is 0.608. The molecule has 0 fully saturated rings. The van der Waals surface area contributed by atoms with Crippen molar-refractivity contribution in [2.45, 2.75) is 50.2 Å². The van der Waals surface area contributed by atoms with E-state index in [4.69, 9.17) is 0 Å². The Balaban J connectivity index is 1.48. The molecule has 0 saturated heterocycles. The summed E-state index contributed by atoms with van der Waals surface area (Å²) in [6, 6.07) is 15.8. The molecule has 164 valence electrons. The highest BCUT2D eigenvalue weighted by Crippen LogP contribution is 2.28. The number of carbonyl (C=O) groups is 1. The minimum atomic E-state index is -0.321. The van der Waals surface area contributed by atoms with Crippen molar-refractivity contribution in [2.75, 3.05) is 6.54 Å². The Morgan fingerprint density at radius 3 is 2.66 bits per heavy atom. The lowest BCUT2D eigenvalue weighted by atomic mass is 10.00. The lowest BCUT2D eigenvalue weighted by Gasteiger charge is -2.30. The molecule has 7 nitrogen and oxygen atoms in total. The standard InChI is InChI=1S/C24H25N5O2S/c1-3-13-28-22(31)19-10-6-7-11-20(19)29-23(28)25-26-24(29)32-16(2)21(30)27-14-12-17-8-4-5-9-18(17)15-27/h4-11,16H,3,12-15H2,1-2H3. The molecule has 2 aromatic heterocycles. The van der Waals surface area contributed by atoms with Crippen LogP contribution in [0, 0.1) is 0 Å². The molecule has 0 N–H and O–H groups in total. The Hall–Kier alpha value is -3.13. The van der Waals surface area contributed by atoms with Crippen LogP contribution in [0.4, 0.5) is 0 Å². The highest BCUT2D eigenvalue weighted by molar-refractivity contribution is 8.00. The maximum Gasteiger partial charge on any atom is 0.262 e. The first kappa shape index (κ1) is 20.8. The zero-order valence-electron chi connectivity index (χ0n) is 18.2. The van der Waals surface area contributed by atoms with Gasteiger partial charge in [0.1, 0.15) is 0 Å². The predicted molar refractivity (Wildman–Crippen MR) is 126 cm³/mol. The van der Waals surface area contributed by atoms with Crippen LogP contribution in [0.15, 0.2) is 58.5 Å². The van der Waals surface area contributed by atoms with E-state index in [2.05, 4.69) is 22.3 Å². The number of aryl methyl sites for hydroxylation is 1. The zero-order valence-corrected chi connectivity index (χ0v) is 19.0. The molecular formula is C24H25N5O2S. The Morgan fingerprint density at radius 1 is 1.09 bits per heavy atom. The summed E-state index contributed by atoms with van der Waals surface area (Å²) in [6.45, 7) is 5.87. The quantitative estimate of drug-likeness (QED) is 0.438. The maximum absolute atomic E-state index is 13.2. The van der Waals surface area contributed by atoms with Gasteiger partial charge in [0, 0.05) is 19.6 Å². The van der Waals surface area contributed by atoms with Crippen LogP contribution in [0.1, 0.15) is 31.4 Å². The van der Waals surface area contributed by atoms with Gasteiger partial charge in [0.05, 0.1) is 16.2 Å². The van der Waals surface area contributed by atoms with Gasteiger partial charge in [0.25, 0.3) is 5.56 Å². The summed E-state index contributed by atoms with van der Waals surface area (Å²) < 4.78 is 3.58. The zero-order chi connectivity index (χ0) is 22.2. The smallest absolute Gasteiger partial charge is 0.262 e. The molecule has 1 aliphatic rings. The molecule has 1 aliphatic heterocycles. The van der Waals surface area contributed by atoms with Gasteiger partial charge in [-0.25, -0.2) is 0 Å². The summed E-state index contributed by atoms with van der Waals surface area (Å²) in [4.78, 5) is 28.2. The van der Waals surface area contributed by atoms with Crippen molar-refractivity contribution in [3.8, 4) is 0 Å². The molecule has 2 aromatic carbocycles. The van der Waals surface area contributed by atoms with Gasteiger partial charge in [-0.1, -0.05) is 55.1 Å². The number of rotatable bonds is 5. The molecule has 0 radical (unpaired) electrons. The van der Waals surface area contributed by atoms with Crippen LogP contribution < -0.4 is 5.56 Å². The fourth-order valence-electron chi connectivity index (χ4n) is 4.38. The van der Waals surface area contributed by atoms with Crippen LogP contribution in [-0.2, 0) is 24.3 Å². The Morgan fingerprint density at radius 2 is 1.84 bits per heavy atom. The van der Waals surface area contributed by atoms with Gasteiger partial charge in [0.15, 0.2) is 5.16 Å². The third-order valence-corrected chi connectivity index (χ3v) is 7.03. The Bertz CT molecular complexity index is 1380.